The fourth-order valence-corrected chi connectivity index (χ4v) is 2.02. The highest BCUT2D eigenvalue weighted by Crippen LogP contribution is 2.24. The number of rotatable bonds is 6. The number of anilines is 1. The van der Waals surface area contributed by atoms with Gasteiger partial charge in [-0.05, 0) is 25.8 Å². The van der Waals surface area contributed by atoms with E-state index in [9.17, 15) is 14.9 Å². The molecule has 0 aliphatic rings. The second-order valence-electron chi connectivity index (χ2n) is 5.58. The SMILES string of the molecule is CC(C)CN(C(=O)c1cc([N+](=O)[O-])ccc1NN)C(C)C. The van der Waals surface area contributed by atoms with Gasteiger partial charge in [-0.1, -0.05) is 13.8 Å². The van der Waals surface area contributed by atoms with E-state index in [0.717, 1.165) is 0 Å². The van der Waals surface area contributed by atoms with E-state index in [1.165, 1.54) is 18.2 Å². The van der Waals surface area contributed by atoms with E-state index in [1.54, 1.807) is 4.90 Å². The number of nitrogen functional groups attached to an aromatic ring is 1. The monoisotopic (exact) mass is 294 g/mol. The summed E-state index contributed by atoms with van der Waals surface area (Å²) in [5.41, 5.74) is 2.87. The Morgan fingerprint density at radius 3 is 2.43 bits per heavy atom. The zero-order valence-electron chi connectivity index (χ0n) is 12.8. The van der Waals surface area contributed by atoms with Gasteiger partial charge in [-0.3, -0.25) is 20.8 Å². The van der Waals surface area contributed by atoms with Crippen LogP contribution in [0.4, 0.5) is 11.4 Å². The second-order valence-corrected chi connectivity index (χ2v) is 5.58. The fourth-order valence-electron chi connectivity index (χ4n) is 2.02. The molecule has 7 nitrogen and oxygen atoms in total. The fraction of sp³-hybridized carbons (Fsp3) is 0.500. The summed E-state index contributed by atoms with van der Waals surface area (Å²) < 4.78 is 0. The lowest BCUT2D eigenvalue weighted by atomic mass is 10.1. The molecule has 1 aromatic carbocycles. The Balaban J connectivity index is 3.24. The van der Waals surface area contributed by atoms with Crippen LogP contribution >= 0.6 is 0 Å². The Labute approximate surface area is 124 Å². The zero-order valence-corrected chi connectivity index (χ0v) is 12.8. The number of nitro benzene ring substituents is 1. The van der Waals surface area contributed by atoms with Crippen molar-refractivity contribution in [2.75, 3.05) is 12.0 Å². The molecule has 0 aliphatic heterocycles. The largest absolute Gasteiger partial charge is 0.336 e. The van der Waals surface area contributed by atoms with Crippen LogP contribution < -0.4 is 11.3 Å². The number of non-ortho nitro benzene ring substituents is 1. The minimum Gasteiger partial charge on any atom is -0.336 e. The molecule has 0 atom stereocenters. The van der Waals surface area contributed by atoms with Gasteiger partial charge in [-0.15, -0.1) is 0 Å². The third-order valence-corrected chi connectivity index (χ3v) is 3.05. The number of nitro groups is 1. The van der Waals surface area contributed by atoms with Crippen molar-refractivity contribution in [1.82, 2.24) is 4.90 Å². The summed E-state index contributed by atoms with van der Waals surface area (Å²) in [6, 6.07) is 4.01. The Hall–Kier alpha value is -2.15. The number of carbonyl (C=O) groups excluding carboxylic acids is 1. The first-order valence-corrected chi connectivity index (χ1v) is 6.84. The Morgan fingerprint density at radius 2 is 2.00 bits per heavy atom. The maximum Gasteiger partial charge on any atom is 0.270 e. The Bertz CT molecular complexity index is 529. The van der Waals surface area contributed by atoms with Gasteiger partial charge in [0.25, 0.3) is 11.6 Å². The highest BCUT2D eigenvalue weighted by atomic mass is 16.6. The minimum absolute atomic E-state index is 0.00946. The first-order chi connectivity index (χ1) is 9.77. The third-order valence-electron chi connectivity index (χ3n) is 3.05. The van der Waals surface area contributed by atoms with Crippen LogP contribution in [-0.4, -0.2) is 28.3 Å². The normalized spacial score (nSPS) is 10.8. The summed E-state index contributed by atoms with van der Waals surface area (Å²) in [7, 11) is 0. The molecule has 0 spiro atoms. The molecule has 0 saturated heterocycles. The molecular weight excluding hydrogens is 272 g/mol. The minimum atomic E-state index is -0.529. The topological polar surface area (TPSA) is 102 Å². The molecule has 0 unspecified atom stereocenters. The Kier molecular flexibility index (Phi) is 5.66. The average Bonchev–Trinajstić information content (AvgIpc) is 2.42. The summed E-state index contributed by atoms with van der Waals surface area (Å²) in [6.45, 7) is 8.42. The maximum absolute atomic E-state index is 12.7. The predicted molar refractivity (Wildman–Crippen MR) is 81.9 cm³/mol. The number of benzene rings is 1. The van der Waals surface area contributed by atoms with Crippen molar-refractivity contribution in [3.8, 4) is 0 Å². The van der Waals surface area contributed by atoms with Crippen LogP contribution in [0.1, 0.15) is 38.1 Å². The van der Waals surface area contributed by atoms with Crippen molar-refractivity contribution in [2.45, 2.75) is 33.7 Å². The number of hydrogen-bond donors (Lipinski definition) is 2. The lowest BCUT2D eigenvalue weighted by molar-refractivity contribution is -0.384. The molecule has 0 radical (unpaired) electrons. The number of nitrogens with two attached hydrogens (primary N) is 1. The van der Waals surface area contributed by atoms with Gasteiger partial charge in [0.05, 0.1) is 16.2 Å². The van der Waals surface area contributed by atoms with Crippen molar-refractivity contribution in [1.29, 1.82) is 0 Å². The molecule has 116 valence electrons. The maximum atomic E-state index is 12.7. The molecule has 7 heteroatoms. The van der Waals surface area contributed by atoms with E-state index in [-0.39, 0.29) is 23.2 Å². The van der Waals surface area contributed by atoms with E-state index in [1.807, 2.05) is 27.7 Å². The van der Waals surface area contributed by atoms with Crippen molar-refractivity contribution in [3.63, 3.8) is 0 Å². The van der Waals surface area contributed by atoms with E-state index in [4.69, 9.17) is 5.84 Å². The molecular formula is C14H22N4O3. The van der Waals surface area contributed by atoms with Gasteiger partial charge in [-0.25, -0.2) is 0 Å². The molecule has 0 aromatic heterocycles. The van der Waals surface area contributed by atoms with Gasteiger partial charge in [-0.2, -0.15) is 0 Å². The van der Waals surface area contributed by atoms with E-state index in [0.29, 0.717) is 18.2 Å². The van der Waals surface area contributed by atoms with Crippen molar-refractivity contribution in [2.24, 2.45) is 11.8 Å². The van der Waals surface area contributed by atoms with E-state index >= 15 is 0 Å². The average molecular weight is 294 g/mol. The van der Waals surface area contributed by atoms with E-state index < -0.39 is 4.92 Å². The first-order valence-electron chi connectivity index (χ1n) is 6.84. The van der Waals surface area contributed by atoms with Crippen LogP contribution in [0.25, 0.3) is 0 Å². The summed E-state index contributed by atoms with van der Waals surface area (Å²) in [5.74, 6) is 5.43. The number of amides is 1. The number of hydrazine groups is 1. The lowest BCUT2D eigenvalue weighted by Crippen LogP contribution is -2.40. The van der Waals surface area contributed by atoms with Crippen LogP contribution in [0.2, 0.25) is 0 Å². The van der Waals surface area contributed by atoms with Crippen LogP contribution in [0.15, 0.2) is 18.2 Å². The van der Waals surface area contributed by atoms with E-state index in [2.05, 4.69) is 5.43 Å². The van der Waals surface area contributed by atoms with Crippen molar-refractivity contribution < 1.29 is 9.72 Å². The molecule has 1 aromatic rings. The quantitative estimate of drug-likeness (QED) is 0.476. The molecule has 0 fully saturated rings. The Morgan fingerprint density at radius 1 is 1.38 bits per heavy atom. The number of hydrogen-bond acceptors (Lipinski definition) is 5. The molecule has 0 heterocycles. The molecule has 21 heavy (non-hydrogen) atoms. The van der Waals surface area contributed by atoms with Crippen molar-refractivity contribution >= 4 is 17.3 Å². The summed E-state index contributed by atoms with van der Waals surface area (Å²) in [4.78, 5) is 24.7. The molecule has 3 N–H and O–H groups in total. The number of nitrogens with zero attached hydrogens (tertiary/aromatic N) is 2. The van der Waals surface area contributed by atoms with Gasteiger partial charge >= 0.3 is 0 Å². The first kappa shape index (κ1) is 16.9. The summed E-state index contributed by atoms with van der Waals surface area (Å²) >= 11 is 0. The number of nitrogens with one attached hydrogen (secondary N) is 1. The molecule has 0 bridgehead atoms. The van der Waals surface area contributed by atoms with Gasteiger partial charge in [0.2, 0.25) is 0 Å². The van der Waals surface area contributed by atoms with Crippen LogP contribution in [0.5, 0.6) is 0 Å². The van der Waals surface area contributed by atoms with Crippen molar-refractivity contribution in [3.05, 3.63) is 33.9 Å². The van der Waals surface area contributed by atoms with Crippen LogP contribution in [-0.2, 0) is 0 Å². The van der Waals surface area contributed by atoms with Gasteiger partial charge < -0.3 is 10.3 Å². The lowest BCUT2D eigenvalue weighted by Gasteiger charge is -2.29. The molecule has 0 aliphatic carbocycles. The van der Waals surface area contributed by atoms with Crippen LogP contribution in [0.3, 0.4) is 0 Å². The molecule has 1 rings (SSSR count). The zero-order chi connectivity index (χ0) is 16.2. The van der Waals surface area contributed by atoms with Gasteiger partial charge in [0.15, 0.2) is 0 Å². The second kappa shape index (κ2) is 7.03. The smallest absolute Gasteiger partial charge is 0.270 e. The summed E-state index contributed by atoms with van der Waals surface area (Å²) in [5, 5.41) is 10.9. The number of carbonyl (C=O) groups is 1. The van der Waals surface area contributed by atoms with Gasteiger partial charge in [0, 0.05) is 24.7 Å². The highest BCUT2D eigenvalue weighted by molar-refractivity contribution is 6.00. The highest BCUT2D eigenvalue weighted by Gasteiger charge is 2.24. The third kappa shape index (κ3) is 4.16. The summed E-state index contributed by atoms with van der Waals surface area (Å²) in [6.07, 6.45) is 0. The standard InChI is InChI=1S/C14H22N4O3/c1-9(2)8-17(10(3)4)14(19)12-7-11(18(20)21)5-6-13(12)16-15/h5-7,9-10,16H,8,15H2,1-4H3. The predicted octanol–water partition coefficient (Wildman–Crippen LogP) is 2.39. The molecule has 0 saturated carbocycles. The van der Waals surface area contributed by atoms with Gasteiger partial charge in [0.1, 0.15) is 0 Å². The molecule has 1 amide bonds. The van der Waals surface area contributed by atoms with Crippen LogP contribution in [0, 0.1) is 16.0 Å².